The van der Waals surface area contributed by atoms with Gasteiger partial charge in [0.25, 0.3) is 5.91 Å². The molecule has 0 fully saturated rings. The van der Waals surface area contributed by atoms with Crippen LogP contribution in [0.25, 0.3) is 0 Å². The highest BCUT2D eigenvalue weighted by Gasteiger charge is 2.26. The van der Waals surface area contributed by atoms with Gasteiger partial charge in [-0.3, -0.25) is 4.79 Å². The van der Waals surface area contributed by atoms with Crippen LogP contribution in [0, 0.1) is 0 Å². The van der Waals surface area contributed by atoms with E-state index in [1.54, 1.807) is 14.0 Å². The fourth-order valence-corrected chi connectivity index (χ4v) is 2.90. The molecule has 0 radical (unpaired) electrons. The molecule has 0 unspecified atom stereocenters. The summed E-state index contributed by atoms with van der Waals surface area (Å²) in [6.07, 6.45) is 0.347. The molecule has 0 aromatic heterocycles. The first-order valence-electron chi connectivity index (χ1n) is 7.84. The topological polar surface area (TPSA) is 38.8 Å². The Morgan fingerprint density at radius 3 is 2.43 bits per heavy atom. The highest BCUT2D eigenvalue weighted by Crippen LogP contribution is 2.27. The van der Waals surface area contributed by atoms with E-state index in [4.69, 9.17) is 9.47 Å². The van der Waals surface area contributed by atoms with E-state index in [0.717, 1.165) is 13.0 Å². The molecule has 1 aliphatic heterocycles. The van der Waals surface area contributed by atoms with Crippen molar-refractivity contribution in [3.05, 3.63) is 59.7 Å². The Morgan fingerprint density at radius 2 is 1.70 bits per heavy atom. The standard InChI is InChI=1S/C19H21NO3/c1-14(23-18-10-6-5-9-17(18)22-2)19(21)20-12-11-15-7-3-4-8-16(15)13-20/h3-10,14H,11-13H2,1-2H3/t14-/m1/s1. The maximum atomic E-state index is 12.7. The zero-order valence-corrected chi connectivity index (χ0v) is 13.5. The van der Waals surface area contributed by atoms with Gasteiger partial charge in [-0.1, -0.05) is 36.4 Å². The number of para-hydroxylation sites is 2. The van der Waals surface area contributed by atoms with Crippen molar-refractivity contribution in [2.75, 3.05) is 13.7 Å². The molecule has 1 heterocycles. The van der Waals surface area contributed by atoms with Crippen LogP contribution < -0.4 is 9.47 Å². The number of carbonyl (C=O) groups excluding carboxylic acids is 1. The molecule has 0 spiro atoms. The summed E-state index contributed by atoms with van der Waals surface area (Å²) in [4.78, 5) is 14.5. The van der Waals surface area contributed by atoms with Crippen LogP contribution in [0.1, 0.15) is 18.1 Å². The average molecular weight is 311 g/mol. The molecule has 2 aromatic rings. The van der Waals surface area contributed by atoms with E-state index < -0.39 is 6.10 Å². The van der Waals surface area contributed by atoms with Crippen molar-refractivity contribution in [2.24, 2.45) is 0 Å². The summed E-state index contributed by atoms with van der Waals surface area (Å²) >= 11 is 0. The lowest BCUT2D eigenvalue weighted by atomic mass is 9.99. The van der Waals surface area contributed by atoms with Crippen LogP contribution in [0.15, 0.2) is 48.5 Å². The third kappa shape index (κ3) is 3.31. The monoisotopic (exact) mass is 311 g/mol. The van der Waals surface area contributed by atoms with Gasteiger partial charge in [-0.15, -0.1) is 0 Å². The van der Waals surface area contributed by atoms with Crippen molar-refractivity contribution >= 4 is 5.91 Å². The molecular weight excluding hydrogens is 290 g/mol. The zero-order chi connectivity index (χ0) is 16.2. The van der Waals surface area contributed by atoms with Gasteiger partial charge in [0.05, 0.1) is 7.11 Å². The van der Waals surface area contributed by atoms with Crippen LogP contribution in [-0.4, -0.2) is 30.6 Å². The Hall–Kier alpha value is -2.49. The largest absolute Gasteiger partial charge is 0.493 e. The number of carbonyl (C=O) groups is 1. The number of methoxy groups -OCH3 is 1. The molecular formula is C19H21NO3. The minimum Gasteiger partial charge on any atom is -0.493 e. The van der Waals surface area contributed by atoms with Gasteiger partial charge in [0.15, 0.2) is 17.6 Å². The van der Waals surface area contributed by atoms with E-state index in [9.17, 15) is 4.79 Å². The van der Waals surface area contributed by atoms with Gasteiger partial charge < -0.3 is 14.4 Å². The van der Waals surface area contributed by atoms with Gasteiger partial charge in [-0.25, -0.2) is 0 Å². The molecule has 0 aliphatic carbocycles. The van der Waals surface area contributed by atoms with Crippen molar-refractivity contribution in [3.8, 4) is 11.5 Å². The van der Waals surface area contributed by atoms with E-state index >= 15 is 0 Å². The molecule has 1 amide bonds. The van der Waals surface area contributed by atoms with Gasteiger partial charge in [0.1, 0.15) is 0 Å². The Labute approximate surface area is 136 Å². The van der Waals surface area contributed by atoms with E-state index in [1.165, 1.54) is 11.1 Å². The van der Waals surface area contributed by atoms with Crippen LogP contribution >= 0.6 is 0 Å². The second kappa shape index (κ2) is 6.73. The number of hydrogen-bond donors (Lipinski definition) is 0. The first-order chi connectivity index (χ1) is 11.2. The highest BCUT2D eigenvalue weighted by atomic mass is 16.5. The first kappa shape index (κ1) is 15.4. The maximum Gasteiger partial charge on any atom is 0.263 e. The van der Waals surface area contributed by atoms with Gasteiger partial charge in [-0.05, 0) is 36.6 Å². The number of benzene rings is 2. The molecule has 3 rings (SSSR count). The second-order valence-electron chi connectivity index (χ2n) is 5.69. The Bertz CT molecular complexity index is 699. The zero-order valence-electron chi connectivity index (χ0n) is 13.5. The number of ether oxygens (including phenoxy) is 2. The van der Waals surface area contributed by atoms with Gasteiger partial charge in [0, 0.05) is 13.1 Å². The first-order valence-corrected chi connectivity index (χ1v) is 7.84. The summed E-state index contributed by atoms with van der Waals surface area (Å²) < 4.78 is 11.1. The van der Waals surface area contributed by atoms with Crippen molar-refractivity contribution < 1.29 is 14.3 Å². The summed E-state index contributed by atoms with van der Waals surface area (Å²) in [7, 11) is 1.59. The summed E-state index contributed by atoms with van der Waals surface area (Å²) in [5, 5.41) is 0. The Kier molecular flexibility index (Phi) is 4.51. The molecule has 0 N–H and O–H groups in total. The number of fused-ring (bicyclic) bond motifs is 1. The molecule has 4 nitrogen and oxygen atoms in total. The molecule has 4 heteroatoms. The van der Waals surface area contributed by atoms with E-state index in [2.05, 4.69) is 12.1 Å². The van der Waals surface area contributed by atoms with Crippen molar-refractivity contribution in [1.82, 2.24) is 4.90 Å². The predicted molar refractivity (Wildman–Crippen MR) is 88.6 cm³/mol. The van der Waals surface area contributed by atoms with Crippen LogP contribution in [0.5, 0.6) is 11.5 Å². The van der Waals surface area contributed by atoms with Crippen LogP contribution in [0.3, 0.4) is 0 Å². The minimum atomic E-state index is -0.545. The predicted octanol–water partition coefficient (Wildman–Crippen LogP) is 3.05. The molecule has 1 atom stereocenters. The second-order valence-corrected chi connectivity index (χ2v) is 5.69. The lowest BCUT2D eigenvalue weighted by molar-refractivity contribution is -0.138. The van der Waals surface area contributed by atoms with Crippen molar-refractivity contribution in [3.63, 3.8) is 0 Å². The Morgan fingerprint density at radius 1 is 1.04 bits per heavy atom. The molecule has 120 valence electrons. The quantitative estimate of drug-likeness (QED) is 0.871. The van der Waals surface area contributed by atoms with E-state index in [1.807, 2.05) is 41.3 Å². The van der Waals surface area contributed by atoms with Crippen molar-refractivity contribution in [2.45, 2.75) is 26.0 Å². The maximum absolute atomic E-state index is 12.7. The lowest BCUT2D eigenvalue weighted by Gasteiger charge is -2.31. The van der Waals surface area contributed by atoms with Crippen molar-refractivity contribution in [1.29, 1.82) is 0 Å². The molecule has 23 heavy (non-hydrogen) atoms. The number of rotatable bonds is 4. The average Bonchev–Trinajstić information content (AvgIpc) is 2.61. The Balaban J connectivity index is 1.69. The smallest absolute Gasteiger partial charge is 0.263 e. The van der Waals surface area contributed by atoms with Gasteiger partial charge in [-0.2, -0.15) is 0 Å². The molecule has 2 aromatic carbocycles. The highest BCUT2D eigenvalue weighted by molar-refractivity contribution is 5.81. The molecule has 0 saturated carbocycles. The fraction of sp³-hybridized carbons (Fsp3) is 0.316. The fourth-order valence-electron chi connectivity index (χ4n) is 2.90. The summed E-state index contributed by atoms with van der Waals surface area (Å²) in [5.74, 6) is 1.23. The number of amides is 1. The van der Waals surface area contributed by atoms with Crippen LogP contribution in [0.2, 0.25) is 0 Å². The van der Waals surface area contributed by atoms with E-state index in [0.29, 0.717) is 18.0 Å². The summed E-state index contributed by atoms with van der Waals surface area (Å²) in [6.45, 7) is 3.17. The number of hydrogen-bond acceptors (Lipinski definition) is 3. The SMILES string of the molecule is COc1ccccc1O[C@H](C)C(=O)N1CCc2ccccc2C1. The number of nitrogens with zero attached hydrogens (tertiary/aromatic N) is 1. The lowest BCUT2D eigenvalue weighted by Crippen LogP contribution is -2.43. The molecule has 1 aliphatic rings. The normalized spacial score (nSPS) is 14.8. The van der Waals surface area contributed by atoms with Gasteiger partial charge in [0.2, 0.25) is 0 Å². The van der Waals surface area contributed by atoms with Crippen LogP contribution in [0.4, 0.5) is 0 Å². The third-order valence-corrected chi connectivity index (χ3v) is 4.16. The van der Waals surface area contributed by atoms with Gasteiger partial charge >= 0.3 is 0 Å². The summed E-state index contributed by atoms with van der Waals surface area (Å²) in [5.41, 5.74) is 2.55. The third-order valence-electron chi connectivity index (χ3n) is 4.16. The molecule has 0 bridgehead atoms. The summed E-state index contributed by atoms with van der Waals surface area (Å²) in [6, 6.07) is 15.7. The minimum absolute atomic E-state index is 0.00501. The van der Waals surface area contributed by atoms with Crippen LogP contribution in [-0.2, 0) is 17.8 Å². The molecule has 0 saturated heterocycles. The van der Waals surface area contributed by atoms with E-state index in [-0.39, 0.29) is 5.91 Å².